The van der Waals surface area contributed by atoms with Crippen LogP contribution in [-0.4, -0.2) is 27.8 Å². The second-order valence-electron chi connectivity index (χ2n) is 10.7. The van der Waals surface area contributed by atoms with Crippen LogP contribution in [0.1, 0.15) is 23.6 Å². The number of nitrogens with zero attached hydrogens (tertiary/aromatic N) is 1. The highest BCUT2D eigenvalue weighted by molar-refractivity contribution is 7.79. The summed E-state index contributed by atoms with van der Waals surface area (Å²) in [6.45, 7) is 3.29. The van der Waals surface area contributed by atoms with E-state index in [4.69, 9.17) is 0 Å². The van der Waals surface area contributed by atoms with Crippen LogP contribution in [0.4, 0.5) is 0 Å². The van der Waals surface area contributed by atoms with E-state index in [1.807, 2.05) is 97.9 Å². The Labute approximate surface area is 244 Å². The van der Waals surface area contributed by atoms with E-state index in [2.05, 4.69) is 65.6 Å². The molecule has 3 nitrogen and oxygen atoms in total. The first-order chi connectivity index (χ1) is 20.1. The van der Waals surface area contributed by atoms with Gasteiger partial charge in [-0.25, -0.2) is 0 Å². The molecule has 5 aromatic rings. The number of hydrogen-bond donors (Lipinski definition) is 1. The predicted octanol–water partition coefficient (Wildman–Crippen LogP) is 7.06. The molecule has 0 aliphatic rings. The summed E-state index contributed by atoms with van der Waals surface area (Å²) in [4.78, 5) is 2.36. The maximum atomic E-state index is 15.3. The van der Waals surface area contributed by atoms with Gasteiger partial charge in [0, 0.05) is 35.4 Å². The fraction of sp³-hybridized carbons (Fsp3) is 0.189. The molecule has 0 aromatic heterocycles. The van der Waals surface area contributed by atoms with Gasteiger partial charge in [-0.15, -0.1) is 0 Å². The monoisotopic (exact) mass is 559 g/mol. The smallest absolute Gasteiger partial charge is 0.148 e. The van der Waals surface area contributed by atoms with Crippen molar-refractivity contribution < 1.29 is 9.67 Å². The first-order valence-electron chi connectivity index (χ1n) is 14.3. The van der Waals surface area contributed by atoms with Crippen LogP contribution in [0.25, 0.3) is 0 Å². The van der Waals surface area contributed by atoms with E-state index in [-0.39, 0.29) is 6.04 Å². The molecule has 0 bridgehead atoms. The first-order valence-corrected chi connectivity index (χ1v) is 16.1. The minimum atomic E-state index is -3.21. The molecule has 0 saturated heterocycles. The molecular weight excluding hydrogens is 521 g/mol. The van der Waals surface area contributed by atoms with Crippen LogP contribution < -0.4 is 10.6 Å². The van der Waals surface area contributed by atoms with Crippen molar-refractivity contribution in [3.05, 3.63) is 168 Å². The Morgan fingerprint density at radius 3 is 1.29 bits per heavy atom. The molecule has 0 aliphatic heterocycles. The fourth-order valence-electron chi connectivity index (χ4n) is 5.70. The van der Waals surface area contributed by atoms with E-state index in [0.29, 0.717) is 19.5 Å². The van der Waals surface area contributed by atoms with Gasteiger partial charge >= 0.3 is 0 Å². The van der Waals surface area contributed by atoms with Gasteiger partial charge in [0.1, 0.15) is 7.14 Å². The van der Waals surface area contributed by atoms with Gasteiger partial charge < -0.3 is 9.67 Å². The molecule has 4 heteroatoms. The van der Waals surface area contributed by atoms with Crippen LogP contribution in [0.15, 0.2) is 152 Å². The Balaban J connectivity index is 1.59. The molecule has 0 amide bonds. The van der Waals surface area contributed by atoms with E-state index >= 15 is 4.57 Å². The fourth-order valence-corrected chi connectivity index (χ4v) is 8.80. The Kier molecular flexibility index (Phi) is 9.64. The molecule has 1 unspecified atom stereocenters. The summed E-state index contributed by atoms with van der Waals surface area (Å²) >= 11 is 0. The minimum Gasteiger partial charge on any atom is -0.391 e. The third kappa shape index (κ3) is 6.94. The van der Waals surface area contributed by atoms with Crippen LogP contribution in [-0.2, 0) is 24.1 Å². The van der Waals surface area contributed by atoms with E-state index < -0.39 is 18.9 Å². The van der Waals surface area contributed by atoms with E-state index in [9.17, 15) is 5.11 Å². The van der Waals surface area contributed by atoms with Crippen molar-refractivity contribution in [2.75, 3.05) is 0 Å². The van der Waals surface area contributed by atoms with Crippen molar-refractivity contribution in [2.45, 2.75) is 44.2 Å². The van der Waals surface area contributed by atoms with E-state index in [1.165, 1.54) is 11.1 Å². The second kappa shape index (κ2) is 13.7. The highest BCUT2D eigenvalue weighted by Gasteiger charge is 2.42. The molecule has 5 aromatic carbocycles. The molecule has 0 radical (unpaired) electrons. The Morgan fingerprint density at radius 1 is 0.561 bits per heavy atom. The minimum absolute atomic E-state index is 0.284. The van der Waals surface area contributed by atoms with Crippen LogP contribution in [0, 0.1) is 0 Å². The molecule has 208 valence electrons. The van der Waals surface area contributed by atoms with Crippen LogP contribution in [0.2, 0.25) is 0 Å². The van der Waals surface area contributed by atoms with Gasteiger partial charge in [0.25, 0.3) is 0 Å². The van der Waals surface area contributed by atoms with Crippen molar-refractivity contribution in [1.82, 2.24) is 4.90 Å². The lowest BCUT2D eigenvalue weighted by molar-refractivity contribution is 0.0389. The maximum absolute atomic E-state index is 15.3. The molecule has 5 rings (SSSR count). The molecule has 0 saturated carbocycles. The summed E-state index contributed by atoms with van der Waals surface area (Å²) in [5.41, 5.74) is 2.98. The highest BCUT2D eigenvalue weighted by Crippen LogP contribution is 2.50. The Bertz CT molecular complexity index is 1430. The normalized spacial score (nSPS) is 13.9. The average molecular weight is 560 g/mol. The van der Waals surface area contributed by atoms with Gasteiger partial charge in [-0.1, -0.05) is 159 Å². The highest BCUT2D eigenvalue weighted by atomic mass is 31.2. The Morgan fingerprint density at radius 2 is 0.902 bits per heavy atom. The van der Waals surface area contributed by atoms with Crippen molar-refractivity contribution in [2.24, 2.45) is 0 Å². The van der Waals surface area contributed by atoms with Gasteiger partial charge in [-0.3, -0.25) is 4.90 Å². The summed E-state index contributed by atoms with van der Waals surface area (Å²) in [6.07, 6.45) is -0.232. The number of hydrogen-bond acceptors (Lipinski definition) is 3. The zero-order valence-corrected chi connectivity index (χ0v) is 24.4. The van der Waals surface area contributed by atoms with Gasteiger partial charge in [-0.05, 0) is 23.1 Å². The summed E-state index contributed by atoms with van der Waals surface area (Å²) < 4.78 is 15.3. The third-order valence-electron chi connectivity index (χ3n) is 7.96. The summed E-state index contributed by atoms with van der Waals surface area (Å²) in [6, 6.07) is 50.2. The lowest BCUT2D eigenvalue weighted by Gasteiger charge is -2.40. The first kappa shape index (κ1) is 28.8. The number of benzene rings is 5. The average Bonchev–Trinajstić information content (AvgIpc) is 3.04. The summed E-state index contributed by atoms with van der Waals surface area (Å²) in [5, 5.41) is 14.0. The predicted molar refractivity (Wildman–Crippen MR) is 171 cm³/mol. The van der Waals surface area contributed by atoms with Gasteiger partial charge in [-0.2, -0.15) is 0 Å². The van der Waals surface area contributed by atoms with Crippen molar-refractivity contribution in [3.8, 4) is 0 Å². The molecule has 0 aliphatic carbocycles. The molecule has 0 fully saturated rings. The van der Waals surface area contributed by atoms with Crippen LogP contribution >= 0.6 is 7.14 Å². The third-order valence-corrected chi connectivity index (χ3v) is 11.5. The SMILES string of the molecule is C[C@@H](C(O)[C@H](Cc1ccccc1)N(Cc1ccccc1)Cc1ccccc1)P(=O)(c1ccccc1)c1ccccc1. The number of rotatable bonds is 12. The standard InChI is InChI=1S/C37H38NO2P/c1-30(41(40,34-23-13-5-14-24-34)35-25-15-6-16-26-35)37(39)36(27-31-17-7-2-8-18-31)38(28-32-19-9-3-10-20-32)29-33-21-11-4-12-22-33/h2-26,30,36-37,39H,27-29H2,1H3/t30-,36-,37?/m0/s1. The van der Waals surface area contributed by atoms with Gasteiger partial charge in [0.2, 0.25) is 0 Å². The van der Waals surface area contributed by atoms with E-state index in [0.717, 1.165) is 16.2 Å². The lowest BCUT2D eigenvalue weighted by atomic mass is 9.96. The zero-order valence-electron chi connectivity index (χ0n) is 23.5. The summed E-state index contributed by atoms with van der Waals surface area (Å²) in [7, 11) is -3.21. The zero-order chi connectivity index (χ0) is 28.5. The maximum Gasteiger partial charge on any atom is 0.148 e. The van der Waals surface area contributed by atoms with Crippen molar-refractivity contribution in [1.29, 1.82) is 0 Å². The van der Waals surface area contributed by atoms with Crippen LogP contribution in [0.5, 0.6) is 0 Å². The van der Waals surface area contributed by atoms with Gasteiger partial charge in [0.15, 0.2) is 0 Å². The molecule has 0 spiro atoms. The molecule has 41 heavy (non-hydrogen) atoms. The topological polar surface area (TPSA) is 40.5 Å². The second-order valence-corrected chi connectivity index (χ2v) is 13.9. The molecule has 1 N–H and O–H groups in total. The van der Waals surface area contributed by atoms with Crippen LogP contribution in [0.3, 0.4) is 0 Å². The number of aliphatic hydroxyl groups is 1. The van der Waals surface area contributed by atoms with Crippen molar-refractivity contribution in [3.63, 3.8) is 0 Å². The lowest BCUT2D eigenvalue weighted by Crippen LogP contribution is -2.50. The van der Waals surface area contributed by atoms with E-state index in [1.54, 1.807) is 0 Å². The molecule has 3 atom stereocenters. The Hall–Kier alpha value is -3.75. The summed E-state index contributed by atoms with van der Waals surface area (Å²) in [5.74, 6) is 0. The van der Waals surface area contributed by atoms with Gasteiger partial charge in [0.05, 0.1) is 6.10 Å². The van der Waals surface area contributed by atoms with Crippen molar-refractivity contribution >= 4 is 17.8 Å². The molecular formula is C37H38NO2P. The quantitative estimate of drug-likeness (QED) is 0.166. The largest absolute Gasteiger partial charge is 0.391 e. The number of aliphatic hydroxyl groups excluding tert-OH is 1. The molecule has 0 heterocycles.